The third-order valence-electron chi connectivity index (χ3n) is 4.46. The van der Waals surface area contributed by atoms with Crippen molar-refractivity contribution < 1.29 is 14.4 Å². The molecule has 3 amide bonds. The van der Waals surface area contributed by atoms with Gasteiger partial charge in [-0.3, -0.25) is 24.3 Å². The van der Waals surface area contributed by atoms with E-state index in [1.54, 1.807) is 24.5 Å². The summed E-state index contributed by atoms with van der Waals surface area (Å²) in [5.74, 6) is -0.687. The van der Waals surface area contributed by atoms with E-state index in [1.807, 2.05) is 0 Å². The molecule has 6 nitrogen and oxygen atoms in total. The van der Waals surface area contributed by atoms with Crippen LogP contribution in [0.25, 0.3) is 0 Å². The SMILES string of the molecule is O=C(CCN1C(=O)C2CCCCC2C1=O)Nc1ccncc1. The van der Waals surface area contributed by atoms with Crippen molar-refractivity contribution >= 4 is 23.4 Å². The van der Waals surface area contributed by atoms with Gasteiger partial charge in [0.15, 0.2) is 0 Å². The van der Waals surface area contributed by atoms with Gasteiger partial charge in [0.1, 0.15) is 0 Å². The van der Waals surface area contributed by atoms with Gasteiger partial charge in [-0.05, 0) is 25.0 Å². The summed E-state index contributed by atoms with van der Waals surface area (Å²) in [6.07, 6.45) is 6.93. The van der Waals surface area contributed by atoms with E-state index >= 15 is 0 Å². The summed E-state index contributed by atoms with van der Waals surface area (Å²) in [6.45, 7) is 0.168. The predicted molar refractivity (Wildman–Crippen MR) is 79.7 cm³/mol. The first kappa shape index (κ1) is 14.7. The number of nitrogens with one attached hydrogen (secondary N) is 1. The topological polar surface area (TPSA) is 79.4 Å². The summed E-state index contributed by atoms with van der Waals surface area (Å²) in [5, 5.41) is 2.73. The van der Waals surface area contributed by atoms with Crippen LogP contribution >= 0.6 is 0 Å². The highest BCUT2D eigenvalue weighted by atomic mass is 16.2. The maximum atomic E-state index is 12.3. The van der Waals surface area contributed by atoms with E-state index in [4.69, 9.17) is 0 Å². The number of rotatable bonds is 4. The van der Waals surface area contributed by atoms with E-state index in [0.29, 0.717) is 5.69 Å². The maximum Gasteiger partial charge on any atom is 0.233 e. The van der Waals surface area contributed by atoms with Crippen LogP contribution in [0.3, 0.4) is 0 Å². The number of nitrogens with zero attached hydrogens (tertiary/aromatic N) is 2. The fourth-order valence-electron chi connectivity index (χ4n) is 3.32. The molecule has 1 saturated heterocycles. The van der Waals surface area contributed by atoms with E-state index in [0.717, 1.165) is 25.7 Å². The van der Waals surface area contributed by atoms with Crippen LogP contribution in [0.1, 0.15) is 32.1 Å². The van der Waals surface area contributed by atoms with Crippen molar-refractivity contribution in [3.8, 4) is 0 Å². The molecule has 2 fully saturated rings. The Balaban J connectivity index is 1.56. The second-order valence-electron chi connectivity index (χ2n) is 5.86. The van der Waals surface area contributed by atoms with Gasteiger partial charge in [-0.15, -0.1) is 0 Å². The number of fused-ring (bicyclic) bond motifs is 1. The average molecular weight is 301 g/mol. The van der Waals surface area contributed by atoms with Crippen molar-refractivity contribution in [3.05, 3.63) is 24.5 Å². The number of imide groups is 1. The highest BCUT2D eigenvalue weighted by molar-refractivity contribution is 6.05. The Labute approximate surface area is 128 Å². The Morgan fingerprint density at radius 1 is 1.14 bits per heavy atom. The lowest BCUT2D eigenvalue weighted by molar-refractivity contribution is -0.140. The van der Waals surface area contributed by atoms with Crippen LogP contribution in [-0.2, 0) is 14.4 Å². The second kappa shape index (κ2) is 6.25. The molecule has 1 N–H and O–H groups in total. The van der Waals surface area contributed by atoms with Gasteiger partial charge in [-0.2, -0.15) is 0 Å². The number of amides is 3. The number of carbonyl (C=O) groups is 3. The molecule has 3 rings (SSSR count). The molecule has 2 atom stereocenters. The molecule has 1 aromatic heterocycles. The lowest BCUT2D eigenvalue weighted by atomic mass is 9.81. The fourth-order valence-corrected chi connectivity index (χ4v) is 3.32. The Hall–Kier alpha value is -2.24. The molecule has 0 radical (unpaired) electrons. The highest BCUT2D eigenvalue weighted by Crippen LogP contribution is 2.37. The number of anilines is 1. The van der Waals surface area contributed by atoms with Crippen molar-refractivity contribution in [2.45, 2.75) is 32.1 Å². The minimum Gasteiger partial charge on any atom is -0.326 e. The Kier molecular flexibility index (Phi) is 4.18. The number of aromatic nitrogens is 1. The first-order valence-electron chi connectivity index (χ1n) is 7.72. The summed E-state index contributed by atoms with van der Waals surface area (Å²) in [7, 11) is 0. The number of carbonyl (C=O) groups excluding carboxylic acids is 3. The van der Waals surface area contributed by atoms with Gasteiger partial charge in [-0.1, -0.05) is 12.8 Å². The van der Waals surface area contributed by atoms with Crippen LogP contribution in [-0.4, -0.2) is 34.2 Å². The average Bonchev–Trinajstić information content (AvgIpc) is 2.78. The first-order chi connectivity index (χ1) is 10.7. The van der Waals surface area contributed by atoms with Gasteiger partial charge in [-0.25, -0.2) is 0 Å². The molecular formula is C16H19N3O3. The zero-order chi connectivity index (χ0) is 15.5. The predicted octanol–water partition coefficient (Wildman–Crippen LogP) is 1.59. The minimum absolute atomic E-state index is 0.0913. The third-order valence-corrected chi connectivity index (χ3v) is 4.46. The van der Waals surface area contributed by atoms with Crippen molar-refractivity contribution in [2.75, 3.05) is 11.9 Å². The molecule has 0 aromatic carbocycles. The molecule has 22 heavy (non-hydrogen) atoms. The van der Waals surface area contributed by atoms with Crippen LogP contribution in [0, 0.1) is 11.8 Å². The standard InChI is InChI=1S/C16H19N3O3/c20-14(18-11-5-8-17-9-6-11)7-10-19-15(21)12-3-1-2-4-13(12)16(19)22/h5-6,8-9,12-13H,1-4,7,10H2,(H,17,18,20). The Morgan fingerprint density at radius 3 is 2.32 bits per heavy atom. The van der Waals surface area contributed by atoms with Crippen molar-refractivity contribution in [2.24, 2.45) is 11.8 Å². The van der Waals surface area contributed by atoms with Gasteiger partial charge in [0.2, 0.25) is 17.7 Å². The van der Waals surface area contributed by atoms with Crippen molar-refractivity contribution in [1.82, 2.24) is 9.88 Å². The molecule has 0 bridgehead atoms. The van der Waals surface area contributed by atoms with E-state index in [2.05, 4.69) is 10.3 Å². The molecular weight excluding hydrogens is 282 g/mol. The number of likely N-dealkylation sites (tertiary alicyclic amines) is 1. The van der Waals surface area contributed by atoms with Crippen molar-refractivity contribution in [1.29, 1.82) is 0 Å². The normalized spacial score (nSPS) is 24.3. The van der Waals surface area contributed by atoms with E-state index < -0.39 is 0 Å². The van der Waals surface area contributed by atoms with Crippen LogP contribution in [0.5, 0.6) is 0 Å². The first-order valence-corrected chi connectivity index (χ1v) is 7.72. The summed E-state index contributed by atoms with van der Waals surface area (Å²) in [4.78, 5) is 41.6. The lowest BCUT2D eigenvalue weighted by Crippen LogP contribution is -2.34. The summed E-state index contributed by atoms with van der Waals surface area (Å²) in [5.41, 5.74) is 0.660. The van der Waals surface area contributed by atoms with Gasteiger partial charge >= 0.3 is 0 Å². The van der Waals surface area contributed by atoms with E-state index in [-0.39, 0.29) is 42.5 Å². The van der Waals surface area contributed by atoms with Crippen LogP contribution in [0.4, 0.5) is 5.69 Å². The second-order valence-corrected chi connectivity index (χ2v) is 5.86. The molecule has 1 aromatic rings. The summed E-state index contributed by atoms with van der Waals surface area (Å²) < 4.78 is 0. The summed E-state index contributed by atoms with van der Waals surface area (Å²) >= 11 is 0. The van der Waals surface area contributed by atoms with Gasteiger partial charge in [0.05, 0.1) is 11.8 Å². The van der Waals surface area contributed by atoms with Crippen molar-refractivity contribution in [3.63, 3.8) is 0 Å². The van der Waals surface area contributed by atoms with Gasteiger partial charge in [0, 0.05) is 31.0 Å². The molecule has 1 saturated carbocycles. The maximum absolute atomic E-state index is 12.3. The number of hydrogen-bond donors (Lipinski definition) is 1. The Bertz CT molecular complexity index is 564. The molecule has 1 aliphatic heterocycles. The minimum atomic E-state index is -0.207. The number of hydrogen-bond acceptors (Lipinski definition) is 4. The Morgan fingerprint density at radius 2 is 1.73 bits per heavy atom. The van der Waals surface area contributed by atoms with E-state index in [1.165, 1.54) is 4.90 Å². The quantitative estimate of drug-likeness (QED) is 0.856. The molecule has 0 spiro atoms. The van der Waals surface area contributed by atoms with E-state index in [9.17, 15) is 14.4 Å². The monoisotopic (exact) mass is 301 g/mol. The van der Waals surface area contributed by atoms with Crippen LogP contribution < -0.4 is 5.32 Å². The molecule has 2 aliphatic rings. The molecule has 1 aliphatic carbocycles. The smallest absolute Gasteiger partial charge is 0.233 e. The highest BCUT2D eigenvalue weighted by Gasteiger charge is 2.47. The third kappa shape index (κ3) is 2.86. The fraction of sp³-hybridized carbons (Fsp3) is 0.500. The van der Waals surface area contributed by atoms with Gasteiger partial charge in [0.25, 0.3) is 0 Å². The molecule has 6 heteroatoms. The molecule has 116 valence electrons. The largest absolute Gasteiger partial charge is 0.326 e. The van der Waals surface area contributed by atoms with Crippen LogP contribution in [0.15, 0.2) is 24.5 Å². The molecule has 2 unspecified atom stereocenters. The lowest BCUT2D eigenvalue weighted by Gasteiger charge is -2.19. The van der Waals surface area contributed by atoms with Gasteiger partial charge < -0.3 is 5.32 Å². The zero-order valence-corrected chi connectivity index (χ0v) is 12.3. The summed E-state index contributed by atoms with van der Waals surface area (Å²) in [6, 6.07) is 3.39. The molecule has 2 heterocycles. The van der Waals surface area contributed by atoms with Crippen LogP contribution in [0.2, 0.25) is 0 Å². The number of pyridine rings is 1. The zero-order valence-electron chi connectivity index (χ0n) is 12.3.